The molecule has 1 rings (SSSR count). The number of hydrogen-bond donors (Lipinski definition) is 2. The molecule has 1 saturated heterocycles. The van der Waals surface area contributed by atoms with E-state index in [9.17, 15) is 0 Å². The summed E-state index contributed by atoms with van der Waals surface area (Å²) in [6.07, 6.45) is -1.49. The first-order valence-electron chi connectivity index (χ1n) is 2.12. The van der Waals surface area contributed by atoms with Gasteiger partial charge in [0.2, 0.25) is 0 Å². The number of rotatable bonds is 0. The standard InChI is InChI=1S/C4H7O3/c5-3-1-7-2-4(3)6/h1,3-6H,2H2/t3-,4+/m0/s1. The summed E-state index contributed by atoms with van der Waals surface area (Å²) in [5.41, 5.74) is 0. The van der Waals surface area contributed by atoms with Crippen LogP contribution in [0.25, 0.3) is 0 Å². The van der Waals surface area contributed by atoms with Crippen molar-refractivity contribution < 1.29 is 14.9 Å². The Labute approximate surface area is 41.5 Å². The monoisotopic (exact) mass is 103 g/mol. The van der Waals surface area contributed by atoms with Crippen molar-refractivity contribution in [2.75, 3.05) is 6.61 Å². The van der Waals surface area contributed by atoms with Gasteiger partial charge in [-0.2, -0.15) is 0 Å². The summed E-state index contributed by atoms with van der Waals surface area (Å²) in [7, 11) is 0. The Morgan fingerprint density at radius 2 is 2.29 bits per heavy atom. The molecule has 0 saturated carbocycles. The quantitative estimate of drug-likeness (QED) is 0.409. The molecule has 0 unspecified atom stereocenters. The van der Waals surface area contributed by atoms with Crippen molar-refractivity contribution in [1.29, 1.82) is 0 Å². The highest BCUT2D eigenvalue weighted by atomic mass is 16.5. The van der Waals surface area contributed by atoms with Crippen molar-refractivity contribution in [3.63, 3.8) is 0 Å². The van der Waals surface area contributed by atoms with Crippen LogP contribution in [-0.2, 0) is 4.74 Å². The lowest BCUT2D eigenvalue weighted by atomic mass is 10.3. The second kappa shape index (κ2) is 1.78. The SMILES string of the molecule is O[C@@H]1CO[CH][C@@H]1O. The van der Waals surface area contributed by atoms with E-state index in [0.29, 0.717) is 0 Å². The average molecular weight is 103 g/mol. The molecule has 2 N–H and O–H groups in total. The zero-order valence-corrected chi connectivity index (χ0v) is 3.74. The molecule has 3 heteroatoms. The van der Waals surface area contributed by atoms with E-state index >= 15 is 0 Å². The normalized spacial score (nSPS) is 42.0. The Kier molecular flexibility index (Phi) is 1.27. The van der Waals surface area contributed by atoms with Crippen molar-refractivity contribution in [3.05, 3.63) is 6.61 Å². The van der Waals surface area contributed by atoms with Gasteiger partial charge in [0.1, 0.15) is 18.8 Å². The summed E-state index contributed by atoms with van der Waals surface area (Å²) in [5, 5.41) is 17.2. The van der Waals surface area contributed by atoms with Gasteiger partial charge in [-0.3, -0.25) is 0 Å². The van der Waals surface area contributed by atoms with E-state index < -0.39 is 12.2 Å². The maximum Gasteiger partial charge on any atom is 0.115 e. The third-order valence-corrected chi connectivity index (χ3v) is 0.897. The van der Waals surface area contributed by atoms with Crippen LogP contribution in [-0.4, -0.2) is 29.0 Å². The zero-order chi connectivity index (χ0) is 5.28. The molecule has 7 heavy (non-hydrogen) atoms. The van der Waals surface area contributed by atoms with Crippen LogP contribution in [0.5, 0.6) is 0 Å². The number of ether oxygens (including phenoxy) is 1. The van der Waals surface area contributed by atoms with Gasteiger partial charge in [0.05, 0.1) is 6.61 Å². The topological polar surface area (TPSA) is 49.7 Å². The minimum absolute atomic E-state index is 0.223. The van der Waals surface area contributed by atoms with E-state index in [2.05, 4.69) is 4.74 Å². The van der Waals surface area contributed by atoms with Crippen LogP contribution >= 0.6 is 0 Å². The predicted molar refractivity (Wildman–Crippen MR) is 22.3 cm³/mol. The maximum absolute atomic E-state index is 8.59. The molecule has 3 nitrogen and oxygen atoms in total. The van der Waals surface area contributed by atoms with E-state index in [0.717, 1.165) is 0 Å². The lowest BCUT2D eigenvalue weighted by Gasteiger charge is -1.99. The fraction of sp³-hybridized carbons (Fsp3) is 0.750. The van der Waals surface area contributed by atoms with E-state index in [1.54, 1.807) is 0 Å². The molecule has 0 aliphatic carbocycles. The Morgan fingerprint density at radius 1 is 1.57 bits per heavy atom. The molecule has 1 aliphatic rings. The summed E-state index contributed by atoms with van der Waals surface area (Å²) in [6.45, 7) is 1.45. The summed E-state index contributed by atoms with van der Waals surface area (Å²) in [5.74, 6) is 0. The molecule has 0 bridgehead atoms. The van der Waals surface area contributed by atoms with Gasteiger partial charge in [-0.05, 0) is 0 Å². The van der Waals surface area contributed by atoms with E-state index in [1.165, 1.54) is 6.61 Å². The molecule has 0 amide bonds. The summed E-state index contributed by atoms with van der Waals surface area (Å²) in [6, 6.07) is 0. The molecule has 41 valence electrons. The zero-order valence-electron chi connectivity index (χ0n) is 3.74. The third-order valence-electron chi connectivity index (χ3n) is 0.897. The van der Waals surface area contributed by atoms with Gasteiger partial charge in [-0.25, -0.2) is 0 Å². The van der Waals surface area contributed by atoms with Crippen molar-refractivity contribution in [2.24, 2.45) is 0 Å². The minimum atomic E-state index is -0.778. The third kappa shape index (κ3) is 0.907. The van der Waals surface area contributed by atoms with Crippen molar-refractivity contribution in [3.8, 4) is 0 Å². The maximum atomic E-state index is 8.59. The minimum Gasteiger partial charge on any atom is -0.388 e. The molecule has 0 aromatic rings. The van der Waals surface area contributed by atoms with Crippen LogP contribution in [0.15, 0.2) is 0 Å². The lowest BCUT2D eigenvalue weighted by molar-refractivity contribution is 0.0635. The van der Waals surface area contributed by atoms with Crippen molar-refractivity contribution >= 4 is 0 Å². The second-order valence-electron chi connectivity index (χ2n) is 1.53. The Hall–Kier alpha value is -0.120. The number of hydrogen-bond acceptors (Lipinski definition) is 3. The van der Waals surface area contributed by atoms with Crippen LogP contribution < -0.4 is 0 Å². The highest BCUT2D eigenvalue weighted by Crippen LogP contribution is 2.07. The largest absolute Gasteiger partial charge is 0.388 e. The molecule has 1 aliphatic heterocycles. The van der Waals surface area contributed by atoms with Crippen LogP contribution in [0.1, 0.15) is 0 Å². The second-order valence-corrected chi connectivity index (χ2v) is 1.53. The summed E-state index contributed by atoms with van der Waals surface area (Å²) < 4.78 is 4.54. The fourth-order valence-corrected chi connectivity index (χ4v) is 0.442. The molecule has 0 aromatic carbocycles. The first-order valence-corrected chi connectivity index (χ1v) is 2.12. The predicted octanol–water partition coefficient (Wildman–Crippen LogP) is -1.10. The van der Waals surface area contributed by atoms with Crippen LogP contribution in [0.3, 0.4) is 0 Å². The van der Waals surface area contributed by atoms with Crippen LogP contribution in [0.4, 0.5) is 0 Å². The van der Waals surface area contributed by atoms with Crippen molar-refractivity contribution in [1.82, 2.24) is 0 Å². The first kappa shape index (κ1) is 5.03. The molecule has 0 spiro atoms. The fourth-order valence-electron chi connectivity index (χ4n) is 0.442. The van der Waals surface area contributed by atoms with Gasteiger partial charge in [-0.1, -0.05) is 0 Å². The van der Waals surface area contributed by atoms with Gasteiger partial charge in [0.15, 0.2) is 0 Å². The van der Waals surface area contributed by atoms with Gasteiger partial charge >= 0.3 is 0 Å². The molecule has 0 aromatic heterocycles. The van der Waals surface area contributed by atoms with Gasteiger partial charge < -0.3 is 14.9 Å². The first-order chi connectivity index (χ1) is 3.30. The summed E-state index contributed by atoms with van der Waals surface area (Å²) >= 11 is 0. The lowest BCUT2D eigenvalue weighted by Crippen LogP contribution is -2.20. The van der Waals surface area contributed by atoms with E-state index in [-0.39, 0.29) is 6.61 Å². The Balaban J connectivity index is 2.33. The molecule has 2 atom stereocenters. The highest BCUT2D eigenvalue weighted by Gasteiger charge is 2.23. The molecule has 1 fully saturated rings. The highest BCUT2D eigenvalue weighted by molar-refractivity contribution is 4.80. The number of aliphatic hydroxyl groups excluding tert-OH is 2. The molecular weight excluding hydrogens is 96.0 g/mol. The van der Waals surface area contributed by atoms with Gasteiger partial charge in [0, 0.05) is 0 Å². The van der Waals surface area contributed by atoms with Crippen molar-refractivity contribution in [2.45, 2.75) is 12.2 Å². The van der Waals surface area contributed by atoms with Gasteiger partial charge in [0.25, 0.3) is 0 Å². The summed E-state index contributed by atoms with van der Waals surface area (Å²) in [4.78, 5) is 0. The average Bonchev–Trinajstić information content (AvgIpc) is 1.91. The van der Waals surface area contributed by atoms with Crippen LogP contribution in [0, 0.1) is 6.61 Å². The smallest absolute Gasteiger partial charge is 0.115 e. The molecule has 1 heterocycles. The number of aliphatic hydroxyl groups is 2. The van der Waals surface area contributed by atoms with E-state index in [1.807, 2.05) is 0 Å². The Bertz CT molecular complexity index is 56.0. The van der Waals surface area contributed by atoms with E-state index in [4.69, 9.17) is 10.2 Å². The molecule has 1 radical (unpaired) electrons. The van der Waals surface area contributed by atoms with Crippen LogP contribution in [0.2, 0.25) is 0 Å². The van der Waals surface area contributed by atoms with Gasteiger partial charge in [-0.15, -0.1) is 0 Å². The molecular formula is C4H7O3. The Morgan fingerprint density at radius 3 is 2.43 bits per heavy atom.